The Labute approximate surface area is 92.6 Å². The van der Waals surface area contributed by atoms with Crippen LogP contribution in [0, 0.1) is 0 Å². The van der Waals surface area contributed by atoms with Crippen LogP contribution in [0.5, 0.6) is 0 Å². The summed E-state index contributed by atoms with van der Waals surface area (Å²) in [6.45, 7) is 9.83. The summed E-state index contributed by atoms with van der Waals surface area (Å²) in [7, 11) is 2.20. The number of likely N-dealkylation sites (N-methyl/N-ethyl adjacent to an activating group) is 1. The van der Waals surface area contributed by atoms with Crippen molar-refractivity contribution < 1.29 is 4.74 Å². The highest BCUT2D eigenvalue weighted by Gasteiger charge is 2.25. The number of morpholine rings is 1. The van der Waals surface area contributed by atoms with Crippen LogP contribution in [-0.4, -0.2) is 74.9 Å². The molecule has 2 heterocycles. The summed E-state index contributed by atoms with van der Waals surface area (Å²) in [5.41, 5.74) is 0. The number of hydrogen-bond acceptors (Lipinski definition) is 4. The Balaban J connectivity index is 1.77. The molecule has 0 radical (unpaired) electrons. The molecule has 2 aliphatic rings. The molecule has 4 nitrogen and oxygen atoms in total. The second-order valence-corrected chi connectivity index (χ2v) is 4.80. The molecule has 0 aliphatic carbocycles. The van der Waals surface area contributed by atoms with Crippen LogP contribution in [0.4, 0.5) is 0 Å². The number of nitrogens with zero attached hydrogens (tertiary/aromatic N) is 2. The molecule has 2 unspecified atom stereocenters. The molecular weight excluding hydrogens is 190 g/mol. The standard InChI is InChI=1S/C11H23N3O/c1-10-8-13(2)4-5-14(10)9-11-7-12-3-6-15-11/h10-12H,3-9H2,1-2H3. The summed E-state index contributed by atoms with van der Waals surface area (Å²) in [4.78, 5) is 4.96. The van der Waals surface area contributed by atoms with Gasteiger partial charge in [-0.05, 0) is 14.0 Å². The van der Waals surface area contributed by atoms with Crippen LogP contribution in [0.25, 0.3) is 0 Å². The lowest BCUT2D eigenvalue weighted by Crippen LogP contribution is -2.54. The van der Waals surface area contributed by atoms with Gasteiger partial charge >= 0.3 is 0 Å². The van der Waals surface area contributed by atoms with Crippen molar-refractivity contribution >= 4 is 0 Å². The summed E-state index contributed by atoms with van der Waals surface area (Å²) in [6.07, 6.45) is 0.393. The zero-order valence-electron chi connectivity index (χ0n) is 9.91. The maximum absolute atomic E-state index is 5.74. The summed E-state index contributed by atoms with van der Waals surface area (Å²) in [6, 6.07) is 0.661. The van der Waals surface area contributed by atoms with E-state index in [9.17, 15) is 0 Å². The summed E-state index contributed by atoms with van der Waals surface area (Å²) in [5, 5.41) is 3.39. The molecule has 15 heavy (non-hydrogen) atoms. The molecule has 1 N–H and O–H groups in total. The highest BCUT2D eigenvalue weighted by atomic mass is 16.5. The Morgan fingerprint density at radius 1 is 1.40 bits per heavy atom. The van der Waals surface area contributed by atoms with E-state index >= 15 is 0 Å². The number of ether oxygens (including phenoxy) is 1. The van der Waals surface area contributed by atoms with E-state index in [2.05, 4.69) is 29.1 Å². The molecule has 2 fully saturated rings. The third kappa shape index (κ3) is 3.14. The first kappa shape index (κ1) is 11.3. The average molecular weight is 213 g/mol. The number of piperazine rings is 1. The maximum atomic E-state index is 5.74. The van der Waals surface area contributed by atoms with E-state index < -0.39 is 0 Å². The SMILES string of the molecule is CC1CN(C)CCN1CC1CNCCO1. The topological polar surface area (TPSA) is 27.7 Å². The van der Waals surface area contributed by atoms with Crippen LogP contribution >= 0.6 is 0 Å². The van der Waals surface area contributed by atoms with E-state index in [4.69, 9.17) is 4.74 Å². The molecule has 88 valence electrons. The number of rotatable bonds is 2. The fraction of sp³-hybridized carbons (Fsp3) is 1.00. The van der Waals surface area contributed by atoms with Crippen molar-refractivity contribution in [2.45, 2.75) is 19.1 Å². The molecular formula is C11H23N3O. The third-order valence-electron chi connectivity index (χ3n) is 3.41. The lowest BCUT2D eigenvalue weighted by Gasteiger charge is -2.40. The van der Waals surface area contributed by atoms with Gasteiger partial charge in [0.2, 0.25) is 0 Å². The Hall–Kier alpha value is -0.160. The average Bonchev–Trinajstić information content (AvgIpc) is 2.24. The summed E-state index contributed by atoms with van der Waals surface area (Å²) >= 11 is 0. The Bertz CT molecular complexity index is 194. The Kier molecular flexibility index (Phi) is 3.97. The van der Waals surface area contributed by atoms with Gasteiger partial charge in [0, 0.05) is 45.3 Å². The van der Waals surface area contributed by atoms with E-state index in [1.54, 1.807) is 0 Å². The van der Waals surface area contributed by atoms with Crippen LogP contribution in [-0.2, 0) is 4.74 Å². The molecule has 2 atom stereocenters. The second-order valence-electron chi connectivity index (χ2n) is 4.80. The minimum Gasteiger partial charge on any atom is -0.374 e. The van der Waals surface area contributed by atoms with Crippen molar-refractivity contribution in [1.29, 1.82) is 0 Å². The first-order valence-corrected chi connectivity index (χ1v) is 6.00. The summed E-state index contributed by atoms with van der Waals surface area (Å²) in [5.74, 6) is 0. The molecule has 2 rings (SSSR count). The van der Waals surface area contributed by atoms with Gasteiger partial charge in [-0.15, -0.1) is 0 Å². The molecule has 0 bridgehead atoms. The first-order chi connectivity index (χ1) is 7.25. The van der Waals surface area contributed by atoms with E-state index in [1.165, 1.54) is 19.6 Å². The molecule has 0 aromatic carbocycles. The Morgan fingerprint density at radius 2 is 2.27 bits per heavy atom. The van der Waals surface area contributed by atoms with Gasteiger partial charge in [0.05, 0.1) is 12.7 Å². The molecule has 2 aliphatic heterocycles. The van der Waals surface area contributed by atoms with Crippen LogP contribution in [0.3, 0.4) is 0 Å². The quantitative estimate of drug-likeness (QED) is 0.676. The fourth-order valence-electron chi connectivity index (χ4n) is 2.45. The Morgan fingerprint density at radius 3 is 2.93 bits per heavy atom. The molecule has 0 saturated carbocycles. The minimum atomic E-state index is 0.393. The minimum absolute atomic E-state index is 0.393. The van der Waals surface area contributed by atoms with Crippen molar-refractivity contribution in [3.63, 3.8) is 0 Å². The highest BCUT2D eigenvalue weighted by molar-refractivity contribution is 4.81. The zero-order chi connectivity index (χ0) is 10.7. The predicted molar refractivity (Wildman–Crippen MR) is 61.1 cm³/mol. The van der Waals surface area contributed by atoms with Gasteiger partial charge in [-0.1, -0.05) is 0 Å². The molecule has 4 heteroatoms. The van der Waals surface area contributed by atoms with Crippen LogP contribution in [0.15, 0.2) is 0 Å². The fourth-order valence-corrected chi connectivity index (χ4v) is 2.45. The van der Waals surface area contributed by atoms with Gasteiger partial charge in [0.15, 0.2) is 0 Å². The van der Waals surface area contributed by atoms with Gasteiger partial charge in [-0.2, -0.15) is 0 Å². The molecule has 0 amide bonds. The third-order valence-corrected chi connectivity index (χ3v) is 3.41. The zero-order valence-corrected chi connectivity index (χ0v) is 9.91. The largest absolute Gasteiger partial charge is 0.374 e. The molecule has 0 aromatic rings. The van der Waals surface area contributed by atoms with E-state index in [0.29, 0.717) is 12.1 Å². The lowest BCUT2D eigenvalue weighted by molar-refractivity contribution is -0.0146. The van der Waals surface area contributed by atoms with Gasteiger partial charge < -0.3 is 15.0 Å². The molecule has 0 aromatic heterocycles. The predicted octanol–water partition coefficient (Wildman–Crippen LogP) is -0.389. The van der Waals surface area contributed by atoms with Crippen LogP contribution < -0.4 is 5.32 Å². The molecule has 2 saturated heterocycles. The van der Waals surface area contributed by atoms with Crippen molar-refractivity contribution in [3.05, 3.63) is 0 Å². The normalized spacial score (nSPS) is 35.6. The van der Waals surface area contributed by atoms with Gasteiger partial charge in [-0.3, -0.25) is 4.90 Å². The van der Waals surface area contributed by atoms with E-state index in [1.807, 2.05) is 0 Å². The van der Waals surface area contributed by atoms with Crippen molar-refractivity contribution in [1.82, 2.24) is 15.1 Å². The molecule has 0 spiro atoms. The lowest BCUT2D eigenvalue weighted by atomic mass is 10.1. The van der Waals surface area contributed by atoms with Crippen molar-refractivity contribution in [3.8, 4) is 0 Å². The van der Waals surface area contributed by atoms with Crippen molar-refractivity contribution in [2.75, 3.05) is 52.9 Å². The van der Waals surface area contributed by atoms with Crippen molar-refractivity contribution in [2.24, 2.45) is 0 Å². The number of nitrogens with one attached hydrogen (secondary N) is 1. The van der Waals surface area contributed by atoms with Gasteiger partial charge in [-0.25, -0.2) is 0 Å². The first-order valence-electron chi connectivity index (χ1n) is 6.00. The van der Waals surface area contributed by atoms with Crippen LogP contribution in [0.2, 0.25) is 0 Å². The van der Waals surface area contributed by atoms with Crippen LogP contribution in [0.1, 0.15) is 6.92 Å². The summed E-state index contributed by atoms with van der Waals surface area (Å²) < 4.78 is 5.74. The highest BCUT2D eigenvalue weighted by Crippen LogP contribution is 2.10. The maximum Gasteiger partial charge on any atom is 0.0826 e. The van der Waals surface area contributed by atoms with Gasteiger partial charge in [0.25, 0.3) is 0 Å². The smallest absolute Gasteiger partial charge is 0.0826 e. The second kappa shape index (κ2) is 5.25. The monoisotopic (exact) mass is 213 g/mol. The van der Waals surface area contributed by atoms with E-state index in [-0.39, 0.29) is 0 Å². The number of hydrogen-bond donors (Lipinski definition) is 1. The van der Waals surface area contributed by atoms with Gasteiger partial charge in [0.1, 0.15) is 0 Å². The van der Waals surface area contributed by atoms with E-state index in [0.717, 1.165) is 26.2 Å².